The van der Waals surface area contributed by atoms with Crippen molar-refractivity contribution in [2.24, 2.45) is 0 Å². The fraction of sp³-hybridized carbons (Fsp3) is 0.733. The molecule has 136 valence electrons. The summed E-state index contributed by atoms with van der Waals surface area (Å²) in [6, 6.07) is -0.363. The number of hydrogen-bond acceptors (Lipinski definition) is 5. The smallest absolute Gasteiger partial charge is 0.274 e. The number of hydrogen-bond donors (Lipinski definition) is 3. The van der Waals surface area contributed by atoms with E-state index in [0.29, 0.717) is 0 Å². The Bertz CT molecular complexity index is 563. The SMILES string of the molecule is CC(NC(=O)c1cn(C2CCNCC2)nn1)C(=O)NC(C)(C)C.Cl. The summed E-state index contributed by atoms with van der Waals surface area (Å²) in [7, 11) is 0. The molecular weight excluding hydrogens is 332 g/mol. The van der Waals surface area contributed by atoms with Crippen LogP contribution in [0.4, 0.5) is 0 Å². The number of nitrogens with zero attached hydrogens (tertiary/aromatic N) is 3. The van der Waals surface area contributed by atoms with Gasteiger partial charge in [0.1, 0.15) is 6.04 Å². The first-order chi connectivity index (χ1) is 10.8. The number of carbonyl (C=O) groups is 2. The van der Waals surface area contributed by atoms with Gasteiger partial charge in [-0.05, 0) is 53.6 Å². The molecule has 9 heteroatoms. The molecule has 2 amide bonds. The highest BCUT2D eigenvalue weighted by Gasteiger charge is 2.23. The number of rotatable bonds is 4. The second-order valence-corrected chi connectivity index (χ2v) is 7.00. The van der Waals surface area contributed by atoms with E-state index in [-0.39, 0.29) is 41.5 Å². The van der Waals surface area contributed by atoms with Crippen molar-refractivity contribution in [2.75, 3.05) is 13.1 Å². The van der Waals surface area contributed by atoms with Gasteiger partial charge in [-0.15, -0.1) is 17.5 Å². The molecule has 1 saturated heterocycles. The van der Waals surface area contributed by atoms with Crippen LogP contribution in [0.5, 0.6) is 0 Å². The van der Waals surface area contributed by atoms with Crippen molar-refractivity contribution in [1.82, 2.24) is 30.9 Å². The topological polar surface area (TPSA) is 101 Å². The van der Waals surface area contributed by atoms with Crippen LogP contribution in [-0.2, 0) is 4.79 Å². The van der Waals surface area contributed by atoms with Crippen molar-refractivity contribution in [2.45, 2.75) is 58.2 Å². The third kappa shape index (κ3) is 5.76. The summed E-state index contributed by atoms with van der Waals surface area (Å²) in [4.78, 5) is 24.2. The lowest BCUT2D eigenvalue weighted by atomic mass is 10.1. The zero-order chi connectivity index (χ0) is 17.0. The summed E-state index contributed by atoms with van der Waals surface area (Å²) in [5, 5.41) is 16.7. The van der Waals surface area contributed by atoms with E-state index in [2.05, 4.69) is 26.3 Å². The van der Waals surface area contributed by atoms with Crippen molar-refractivity contribution in [3.63, 3.8) is 0 Å². The summed E-state index contributed by atoms with van der Waals surface area (Å²) in [5.41, 5.74) is -0.104. The van der Waals surface area contributed by atoms with E-state index in [1.54, 1.807) is 17.8 Å². The molecule has 1 aromatic rings. The normalized spacial score (nSPS) is 16.8. The molecule has 24 heavy (non-hydrogen) atoms. The standard InChI is InChI=1S/C15H26N6O2.ClH/c1-10(13(22)18-15(2,3)4)17-14(23)12-9-21(20-19-12)11-5-7-16-8-6-11;/h9-11,16H,5-8H2,1-4H3,(H,17,23)(H,18,22);1H. The number of amides is 2. The Hall–Kier alpha value is -1.67. The minimum absolute atomic E-state index is 0. The molecular formula is C15H27ClN6O2. The Kier molecular flexibility index (Phi) is 7.16. The average molecular weight is 359 g/mol. The highest BCUT2D eigenvalue weighted by molar-refractivity contribution is 5.95. The molecule has 0 aromatic carbocycles. The molecule has 1 unspecified atom stereocenters. The molecule has 2 heterocycles. The summed E-state index contributed by atoms with van der Waals surface area (Å²) < 4.78 is 1.75. The van der Waals surface area contributed by atoms with E-state index in [1.807, 2.05) is 20.8 Å². The molecule has 8 nitrogen and oxygen atoms in total. The molecule has 2 rings (SSSR count). The summed E-state index contributed by atoms with van der Waals surface area (Å²) in [6.45, 7) is 9.21. The van der Waals surface area contributed by atoms with Crippen LogP contribution in [-0.4, -0.2) is 51.5 Å². The molecule has 3 N–H and O–H groups in total. The van der Waals surface area contributed by atoms with Gasteiger partial charge in [0.2, 0.25) is 5.91 Å². The molecule has 1 aromatic heterocycles. The maximum atomic E-state index is 12.2. The predicted octanol–water partition coefficient (Wildman–Crippen LogP) is 0.657. The monoisotopic (exact) mass is 358 g/mol. The highest BCUT2D eigenvalue weighted by atomic mass is 35.5. The lowest BCUT2D eigenvalue weighted by Gasteiger charge is -2.23. The van der Waals surface area contributed by atoms with Crippen LogP contribution >= 0.6 is 12.4 Å². The van der Waals surface area contributed by atoms with Gasteiger partial charge < -0.3 is 16.0 Å². The van der Waals surface area contributed by atoms with Gasteiger partial charge in [-0.3, -0.25) is 9.59 Å². The van der Waals surface area contributed by atoms with E-state index in [4.69, 9.17) is 0 Å². The Balaban J connectivity index is 0.00000288. The van der Waals surface area contributed by atoms with Crippen molar-refractivity contribution in [1.29, 1.82) is 0 Å². The molecule has 0 saturated carbocycles. The van der Waals surface area contributed by atoms with Crippen molar-refractivity contribution < 1.29 is 9.59 Å². The lowest BCUT2D eigenvalue weighted by Crippen LogP contribution is -2.50. The molecule has 0 radical (unpaired) electrons. The van der Waals surface area contributed by atoms with Crippen LogP contribution < -0.4 is 16.0 Å². The molecule has 1 atom stereocenters. The fourth-order valence-electron chi connectivity index (χ4n) is 2.44. The van der Waals surface area contributed by atoms with Crippen LogP contribution in [0.3, 0.4) is 0 Å². The van der Waals surface area contributed by atoms with Crippen molar-refractivity contribution in [3.05, 3.63) is 11.9 Å². The lowest BCUT2D eigenvalue weighted by molar-refractivity contribution is -0.124. The maximum Gasteiger partial charge on any atom is 0.274 e. The number of aromatic nitrogens is 3. The highest BCUT2D eigenvalue weighted by Crippen LogP contribution is 2.17. The summed E-state index contributed by atoms with van der Waals surface area (Å²) >= 11 is 0. The summed E-state index contributed by atoms with van der Waals surface area (Å²) in [5.74, 6) is -0.613. The number of carbonyl (C=O) groups excluding carboxylic acids is 2. The number of nitrogens with one attached hydrogen (secondary N) is 3. The van der Waals surface area contributed by atoms with Crippen LogP contribution in [0.2, 0.25) is 0 Å². The van der Waals surface area contributed by atoms with Crippen LogP contribution in [0.1, 0.15) is 57.1 Å². The number of halogens is 1. The van der Waals surface area contributed by atoms with Gasteiger partial charge in [-0.2, -0.15) is 0 Å². The van der Waals surface area contributed by atoms with Gasteiger partial charge in [0, 0.05) is 5.54 Å². The Morgan fingerprint density at radius 1 is 1.33 bits per heavy atom. The first-order valence-electron chi connectivity index (χ1n) is 8.02. The molecule has 0 aliphatic carbocycles. The van der Waals surface area contributed by atoms with Gasteiger partial charge in [0.15, 0.2) is 5.69 Å². The molecule has 1 fully saturated rings. The van der Waals surface area contributed by atoms with Gasteiger partial charge in [0.05, 0.1) is 12.2 Å². The van der Waals surface area contributed by atoms with Crippen LogP contribution in [0, 0.1) is 0 Å². The third-order valence-electron chi connectivity index (χ3n) is 3.66. The first-order valence-corrected chi connectivity index (χ1v) is 8.02. The minimum Gasteiger partial charge on any atom is -0.350 e. The molecule has 0 spiro atoms. The van der Waals surface area contributed by atoms with E-state index in [9.17, 15) is 9.59 Å². The van der Waals surface area contributed by atoms with Crippen molar-refractivity contribution >= 4 is 24.2 Å². The van der Waals surface area contributed by atoms with Gasteiger partial charge >= 0.3 is 0 Å². The second kappa shape index (κ2) is 8.43. The Labute approximate surface area is 148 Å². The molecule has 1 aliphatic rings. The van der Waals surface area contributed by atoms with E-state index in [0.717, 1.165) is 25.9 Å². The van der Waals surface area contributed by atoms with E-state index < -0.39 is 6.04 Å². The Morgan fingerprint density at radius 3 is 2.54 bits per heavy atom. The number of piperidine rings is 1. The minimum atomic E-state index is -0.634. The van der Waals surface area contributed by atoms with E-state index in [1.165, 1.54) is 0 Å². The summed E-state index contributed by atoms with van der Waals surface area (Å²) in [6.07, 6.45) is 3.59. The largest absolute Gasteiger partial charge is 0.350 e. The van der Waals surface area contributed by atoms with Gasteiger partial charge in [-0.25, -0.2) is 4.68 Å². The van der Waals surface area contributed by atoms with Crippen LogP contribution in [0.15, 0.2) is 6.20 Å². The zero-order valence-electron chi connectivity index (χ0n) is 14.6. The van der Waals surface area contributed by atoms with Gasteiger partial charge in [-0.1, -0.05) is 5.21 Å². The van der Waals surface area contributed by atoms with Crippen molar-refractivity contribution in [3.8, 4) is 0 Å². The fourth-order valence-corrected chi connectivity index (χ4v) is 2.44. The van der Waals surface area contributed by atoms with Crippen LogP contribution in [0.25, 0.3) is 0 Å². The predicted molar refractivity (Wildman–Crippen MR) is 93.2 cm³/mol. The molecule has 0 bridgehead atoms. The average Bonchev–Trinajstić information content (AvgIpc) is 2.96. The Morgan fingerprint density at radius 2 is 1.96 bits per heavy atom. The quantitative estimate of drug-likeness (QED) is 0.734. The zero-order valence-corrected chi connectivity index (χ0v) is 15.4. The second-order valence-electron chi connectivity index (χ2n) is 7.00. The maximum absolute atomic E-state index is 12.2. The first kappa shape index (κ1) is 20.4. The van der Waals surface area contributed by atoms with Gasteiger partial charge in [0.25, 0.3) is 5.91 Å². The molecule has 1 aliphatic heterocycles. The third-order valence-corrected chi connectivity index (χ3v) is 3.66. The van der Waals surface area contributed by atoms with E-state index >= 15 is 0 Å².